The van der Waals surface area contributed by atoms with Gasteiger partial charge in [-0.25, -0.2) is 4.98 Å². The van der Waals surface area contributed by atoms with Gasteiger partial charge in [-0.15, -0.1) is 0 Å². The second-order valence-corrected chi connectivity index (χ2v) is 5.05. The Hall–Kier alpha value is -1.75. The Bertz CT molecular complexity index is 652. The third-order valence-corrected chi connectivity index (χ3v) is 3.90. The number of aromatic nitrogens is 2. The van der Waals surface area contributed by atoms with E-state index in [0.717, 1.165) is 34.1 Å². The summed E-state index contributed by atoms with van der Waals surface area (Å²) in [7, 11) is 1.62. The monoisotopic (exact) mass is 260 g/mol. The molecule has 0 amide bonds. The number of hydrogen-bond donors (Lipinski definition) is 1. The highest BCUT2D eigenvalue weighted by Gasteiger charge is 2.18. The highest BCUT2D eigenvalue weighted by Crippen LogP contribution is 2.27. The van der Waals surface area contributed by atoms with Crippen molar-refractivity contribution in [3.63, 3.8) is 0 Å². The molecule has 0 saturated carbocycles. The van der Waals surface area contributed by atoms with Crippen LogP contribution >= 0.6 is 11.8 Å². The number of hydrogen-bond acceptors (Lipinski definition) is 4. The van der Waals surface area contributed by atoms with Gasteiger partial charge < -0.3 is 9.72 Å². The number of rotatable bonds is 2. The molecule has 0 fully saturated rings. The third kappa shape index (κ3) is 1.90. The fourth-order valence-electron chi connectivity index (χ4n) is 1.97. The maximum Gasteiger partial charge on any atom is 0.255 e. The Balaban J connectivity index is 2.12. The first-order chi connectivity index (χ1) is 8.78. The van der Waals surface area contributed by atoms with Crippen molar-refractivity contribution in [2.45, 2.75) is 11.5 Å². The normalized spacial score (nSPS) is 13.4. The number of benzene rings is 1. The highest BCUT2D eigenvalue weighted by atomic mass is 32.2. The number of thioether (sulfide) groups is 1. The average molecular weight is 260 g/mol. The molecule has 1 aliphatic heterocycles. The molecule has 2 heterocycles. The molecule has 0 spiro atoms. The molecule has 3 rings (SSSR count). The van der Waals surface area contributed by atoms with Gasteiger partial charge in [-0.3, -0.25) is 4.79 Å². The predicted octanol–water partition coefficient (Wildman–Crippen LogP) is 2.19. The molecule has 0 unspecified atom stereocenters. The number of nitrogens with one attached hydrogen (secondary N) is 1. The lowest BCUT2D eigenvalue weighted by Crippen LogP contribution is -2.15. The number of H-pyrrole nitrogens is 1. The minimum atomic E-state index is -0.0252. The van der Waals surface area contributed by atoms with Crippen LogP contribution in [0.5, 0.6) is 5.75 Å². The lowest BCUT2D eigenvalue weighted by molar-refractivity contribution is 0.415. The topological polar surface area (TPSA) is 55.0 Å². The lowest BCUT2D eigenvalue weighted by Gasteiger charge is -2.05. The van der Waals surface area contributed by atoms with Gasteiger partial charge in [-0.1, -0.05) is 12.1 Å². The van der Waals surface area contributed by atoms with Gasteiger partial charge in [-0.2, -0.15) is 11.8 Å². The van der Waals surface area contributed by atoms with Crippen molar-refractivity contribution in [3.8, 4) is 17.1 Å². The Labute approximate surface area is 108 Å². The van der Waals surface area contributed by atoms with E-state index in [1.165, 1.54) is 0 Å². The Kier molecular flexibility index (Phi) is 2.83. The maximum absolute atomic E-state index is 11.9. The van der Waals surface area contributed by atoms with Gasteiger partial charge in [0.2, 0.25) is 0 Å². The summed E-state index contributed by atoms with van der Waals surface area (Å²) < 4.78 is 5.18. The van der Waals surface area contributed by atoms with Crippen LogP contribution in [0.4, 0.5) is 0 Å². The van der Waals surface area contributed by atoms with Gasteiger partial charge in [0.25, 0.3) is 5.56 Å². The Morgan fingerprint density at radius 1 is 1.39 bits per heavy atom. The van der Waals surface area contributed by atoms with Crippen molar-refractivity contribution in [2.24, 2.45) is 0 Å². The highest BCUT2D eigenvalue weighted by molar-refractivity contribution is 7.98. The van der Waals surface area contributed by atoms with Crippen LogP contribution < -0.4 is 10.3 Å². The smallest absolute Gasteiger partial charge is 0.255 e. The molecule has 1 aromatic carbocycles. The minimum absolute atomic E-state index is 0.0252. The van der Waals surface area contributed by atoms with Crippen molar-refractivity contribution in [2.75, 3.05) is 7.11 Å². The summed E-state index contributed by atoms with van der Waals surface area (Å²) in [5, 5.41) is 0. The third-order valence-electron chi connectivity index (χ3n) is 2.93. The molecule has 0 bridgehead atoms. The van der Waals surface area contributed by atoms with Crippen molar-refractivity contribution >= 4 is 11.8 Å². The van der Waals surface area contributed by atoms with Gasteiger partial charge in [0.05, 0.1) is 12.8 Å². The van der Waals surface area contributed by atoms with Gasteiger partial charge in [0.15, 0.2) is 0 Å². The predicted molar refractivity (Wildman–Crippen MR) is 71.8 cm³/mol. The molecule has 1 N–H and O–H groups in total. The second-order valence-electron chi connectivity index (χ2n) is 4.06. The van der Waals surface area contributed by atoms with Crippen LogP contribution in [-0.4, -0.2) is 17.1 Å². The van der Waals surface area contributed by atoms with Crippen LogP contribution in [0, 0.1) is 0 Å². The number of methoxy groups -OCH3 is 1. The first-order valence-electron chi connectivity index (χ1n) is 5.62. The van der Waals surface area contributed by atoms with Gasteiger partial charge in [-0.05, 0) is 12.1 Å². The number of fused-ring (bicyclic) bond motifs is 1. The van der Waals surface area contributed by atoms with Gasteiger partial charge in [0, 0.05) is 22.6 Å². The first kappa shape index (κ1) is 11.3. The summed E-state index contributed by atoms with van der Waals surface area (Å²) in [6.07, 6.45) is 0. The van der Waals surface area contributed by atoms with Gasteiger partial charge in [0.1, 0.15) is 11.6 Å². The van der Waals surface area contributed by atoms with Gasteiger partial charge >= 0.3 is 0 Å². The quantitative estimate of drug-likeness (QED) is 0.899. The fraction of sp³-hybridized carbons (Fsp3) is 0.231. The SMILES string of the molecule is COc1cccc(-c2nc3c(c(=O)[nH]2)CSC3)c1. The van der Waals surface area contributed by atoms with E-state index in [0.29, 0.717) is 5.82 Å². The van der Waals surface area contributed by atoms with Crippen LogP contribution in [0.2, 0.25) is 0 Å². The second kappa shape index (κ2) is 4.49. The molecule has 0 aliphatic carbocycles. The van der Waals surface area contributed by atoms with E-state index in [9.17, 15) is 4.79 Å². The zero-order chi connectivity index (χ0) is 12.5. The molecule has 5 heteroatoms. The van der Waals surface area contributed by atoms with E-state index in [-0.39, 0.29) is 5.56 Å². The molecule has 4 nitrogen and oxygen atoms in total. The Morgan fingerprint density at radius 2 is 2.28 bits per heavy atom. The molecular formula is C13H12N2O2S. The largest absolute Gasteiger partial charge is 0.497 e. The average Bonchev–Trinajstić information content (AvgIpc) is 2.87. The van der Waals surface area contributed by atoms with Crippen molar-refractivity contribution in [3.05, 3.63) is 45.9 Å². The van der Waals surface area contributed by atoms with Crippen LogP contribution in [0.3, 0.4) is 0 Å². The standard InChI is InChI=1S/C13H12N2O2S/c1-17-9-4-2-3-8(5-9)12-14-11-7-18-6-10(11)13(16)15-12/h2-5H,6-7H2,1H3,(H,14,15,16). The van der Waals surface area contributed by atoms with Crippen molar-refractivity contribution in [1.82, 2.24) is 9.97 Å². The molecule has 0 saturated heterocycles. The number of ether oxygens (including phenoxy) is 1. The maximum atomic E-state index is 11.9. The molecule has 18 heavy (non-hydrogen) atoms. The first-order valence-corrected chi connectivity index (χ1v) is 6.77. The number of nitrogens with zero attached hydrogens (tertiary/aromatic N) is 1. The zero-order valence-electron chi connectivity index (χ0n) is 9.90. The van der Waals surface area contributed by atoms with E-state index in [2.05, 4.69) is 9.97 Å². The summed E-state index contributed by atoms with van der Waals surface area (Å²) in [4.78, 5) is 19.3. The summed E-state index contributed by atoms with van der Waals surface area (Å²) in [6.45, 7) is 0. The van der Waals surface area contributed by atoms with E-state index in [4.69, 9.17) is 4.74 Å². The summed E-state index contributed by atoms with van der Waals surface area (Å²) in [5.74, 6) is 2.94. The van der Waals surface area contributed by atoms with E-state index in [1.54, 1.807) is 18.9 Å². The van der Waals surface area contributed by atoms with E-state index >= 15 is 0 Å². The summed E-state index contributed by atoms with van der Waals surface area (Å²) in [6, 6.07) is 7.53. The van der Waals surface area contributed by atoms with Crippen LogP contribution in [0.25, 0.3) is 11.4 Å². The van der Waals surface area contributed by atoms with Crippen LogP contribution in [0.15, 0.2) is 29.1 Å². The number of aromatic amines is 1. The molecule has 0 atom stereocenters. The molecule has 2 aromatic rings. The lowest BCUT2D eigenvalue weighted by atomic mass is 10.2. The van der Waals surface area contributed by atoms with Crippen LogP contribution in [0.1, 0.15) is 11.3 Å². The zero-order valence-corrected chi connectivity index (χ0v) is 10.7. The van der Waals surface area contributed by atoms with E-state index in [1.807, 2.05) is 24.3 Å². The molecule has 1 aliphatic rings. The summed E-state index contributed by atoms with van der Waals surface area (Å²) in [5.41, 5.74) is 2.56. The molecular weight excluding hydrogens is 248 g/mol. The molecule has 92 valence electrons. The minimum Gasteiger partial charge on any atom is -0.497 e. The van der Waals surface area contributed by atoms with Crippen molar-refractivity contribution in [1.29, 1.82) is 0 Å². The van der Waals surface area contributed by atoms with Crippen molar-refractivity contribution < 1.29 is 4.74 Å². The Morgan fingerprint density at radius 3 is 3.11 bits per heavy atom. The van der Waals surface area contributed by atoms with E-state index < -0.39 is 0 Å². The van der Waals surface area contributed by atoms with Crippen LogP contribution in [-0.2, 0) is 11.5 Å². The summed E-state index contributed by atoms with van der Waals surface area (Å²) >= 11 is 1.72. The fourth-order valence-corrected chi connectivity index (χ4v) is 3.01. The molecule has 1 aromatic heterocycles. The molecule has 0 radical (unpaired) electrons.